The molecule has 5 heteroatoms. The first kappa shape index (κ1) is 12.0. The minimum atomic E-state index is -0.189. The quantitative estimate of drug-likeness (QED) is 0.831. The first-order valence-corrected chi connectivity index (χ1v) is 6.69. The van der Waals surface area contributed by atoms with Crippen molar-refractivity contribution in [3.63, 3.8) is 0 Å². The number of benzene rings is 1. The number of nitrogens with one attached hydrogen (secondary N) is 1. The summed E-state index contributed by atoms with van der Waals surface area (Å²) >= 11 is 1.64. The van der Waals surface area contributed by atoms with E-state index in [2.05, 4.69) is 5.32 Å². The second-order valence-corrected chi connectivity index (χ2v) is 4.70. The number of amides is 1. The van der Waals surface area contributed by atoms with E-state index in [4.69, 9.17) is 4.74 Å². The molecular formula is C12H13NO3S. The summed E-state index contributed by atoms with van der Waals surface area (Å²) in [5.41, 5.74) is 1.19. The summed E-state index contributed by atoms with van der Waals surface area (Å²) in [6, 6.07) is 5.13. The van der Waals surface area contributed by atoms with Gasteiger partial charge in [-0.25, -0.2) is 0 Å². The zero-order valence-corrected chi connectivity index (χ0v) is 10.3. The zero-order chi connectivity index (χ0) is 12.3. The van der Waals surface area contributed by atoms with Gasteiger partial charge in [0.1, 0.15) is 5.75 Å². The van der Waals surface area contributed by atoms with E-state index in [1.165, 1.54) is 0 Å². The Bertz CT molecular complexity index is 459. The van der Waals surface area contributed by atoms with Crippen molar-refractivity contribution in [3.05, 3.63) is 23.8 Å². The highest BCUT2D eigenvalue weighted by atomic mass is 32.2. The molecule has 1 aromatic carbocycles. The molecule has 2 rings (SSSR count). The third-order valence-corrected chi connectivity index (χ3v) is 3.08. The maximum atomic E-state index is 11.8. The molecule has 1 aliphatic rings. The number of Topliss-reactive ketones (excluding diaryl/α,β-unsaturated/α-hetero) is 1. The molecule has 0 aliphatic carbocycles. The van der Waals surface area contributed by atoms with Crippen LogP contribution < -0.4 is 10.1 Å². The highest BCUT2D eigenvalue weighted by molar-refractivity contribution is 7.98. The Labute approximate surface area is 104 Å². The van der Waals surface area contributed by atoms with E-state index in [0.717, 1.165) is 5.75 Å². The lowest BCUT2D eigenvalue weighted by Crippen LogP contribution is -2.25. The fourth-order valence-electron chi connectivity index (χ4n) is 1.60. The lowest BCUT2D eigenvalue weighted by atomic mass is 10.1. The summed E-state index contributed by atoms with van der Waals surface area (Å²) in [6.45, 7) is 0.0345. The molecule has 0 bridgehead atoms. The van der Waals surface area contributed by atoms with Gasteiger partial charge in [-0.15, -0.1) is 0 Å². The Balaban J connectivity index is 2.18. The molecule has 1 amide bonds. The average molecular weight is 251 g/mol. The SMILES string of the molecule is CSCCC(=O)c1ccc2c(c1)NC(=O)CO2. The van der Waals surface area contributed by atoms with Gasteiger partial charge in [0.25, 0.3) is 5.91 Å². The predicted molar refractivity (Wildman–Crippen MR) is 67.9 cm³/mol. The van der Waals surface area contributed by atoms with Crippen LogP contribution in [0.3, 0.4) is 0 Å². The minimum absolute atomic E-state index is 0.0345. The number of anilines is 1. The molecule has 0 atom stereocenters. The Morgan fingerprint density at radius 1 is 1.53 bits per heavy atom. The van der Waals surface area contributed by atoms with Gasteiger partial charge >= 0.3 is 0 Å². The second-order valence-electron chi connectivity index (χ2n) is 3.71. The van der Waals surface area contributed by atoms with E-state index in [1.807, 2.05) is 6.26 Å². The molecule has 1 aromatic rings. The summed E-state index contributed by atoms with van der Waals surface area (Å²) in [4.78, 5) is 23.0. The molecule has 0 aromatic heterocycles. The number of hydrogen-bond acceptors (Lipinski definition) is 4. The van der Waals surface area contributed by atoms with Crippen molar-refractivity contribution in [1.82, 2.24) is 0 Å². The number of rotatable bonds is 4. The molecular weight excluding hydrogens is 238 g/mol. The normalized spacial score (nSPS) is 13.6. The first-order chi connectivity index (χ1) is 8.20. The second kappa shape index (κ2) is 5.23. The molecule has 0 spiro atoms. The van der Waals surface area contributed by atoms with Crippen LogP contribution in [0.25, 0.3) is 0 Å². The largest absolute Gasteiger partial charge is 0.482 e. The highest BCUT2D eigenvalue weighted by Crippen LogP contribution is 2.28. The van der Waals surface area contributed by atoms with Crippen molar-refractivity contribution in [3.8, 4) is 5.75 Å². The topological polar surface area (TPSA) is 55.4 Å². The van der Waals surface area contributed by atoms with Crippen molar-refractivity contribution >= 4 is 29.1 Å². The van der Waals surface area contributed by atoms with Gasteiger partial charge in [-0.05, 0) is 24.5 Å². The Kier molecular flexibility index (Phi) is 3.68. The molecule has 0 saturated carbocycles. The predicted octanol–water partition coefficient (Wildman–Crippen LogP) is 1.95. The van der Waals surface area contributed by atoms with E-state index < -0.39 is 0 Å². The summed E-state index contributed by atoms with van der Waals surface area (Å²) < 4.78 is 5.22. The Morgan fingerprint density at radius 3 is 3.12 bits per heavy atom. The number of fused-ring (bicyclic) bond motifs is 1. The summed E-state index contributed by atoms with van der Waals surface area (Å²) in [7, 11) is 0. The van der Waals surface area contributed by atoms with Crippen LogP contribution in [0.1, 0.15) is 16.8 Å². The third kappa shape index (κ3) is 2.79. The fraction of sp³-hybridized carbons (Fsp3) is 0.333. The molecule has 0 radical (unpaired) electrons. The molecule has 1 N–H and O–H groups in total. The van der Waals surface area contributed by atoms with Crippen LogP contribution in [0.5, 0.6) is 5.75 Å². The van der Waals surface area contributed by atoms with Gasteiger partial charge in [-0.1, -0.05) is 0 Å². The third-order valence-electron chi connectivity index (χ3n) is 2.47. The smallest absolute Gasteiger partial charge is 0.262 e. The van der Waals surface area contributed by atoms with E-state index in [9.17, 15) is 9.59 Å². The van der Waals surface area contributed by atoms with Gasteiger partial charge in [0.05, 0.1) is 5.69 Å². The van der Waals surface area contributed by atoms with E-state index in [1.54, 1.807) is 30.0 Å². The van der Waals surface area contributed by atoms with Crippen LogP contribution in [-0.4, -0.2) is 30.3 Å². The molecule has 0 fully saturated rings. The molecule has 0 saturated heterocycles. The van der Waals surface area contributed by atoms with Crippen LogP contribution in [-0.2, 0) is 4.79 Å². The summed E-state index contributed by atoms with van der Waals surface area (Å²) in [6.07, 6.45) is 2.48. The lowest BCUT2D eigenvalue weighted by molar-refractivity contribution is -0.118. The van der Waals surface area contributed by atoms with Crippen LogP contribution in [0.4, 0.5) is 5.69 Å². The van der Waals surface area contributed by atoms with E-state index in [0.29, 0.717) is 23.4 Å². The maximum absolute atomic E-state index is 11.8. The van der Waals surface area contributed by atoms with Gasteiger partial charge < -0.3 is 10.1 Å². The van der Waals surface area contributed by atoms with E-state index in [-0.39, 0.29) is 18.3 Å². The fourth-order valence-corrected chi connectivity index (χ4v) is 1.99. The zero-order valence-electron chi connectivity index (χ0n) is 9.49. The summed E-state index contributed by atoms with van der Waals surface area (Å²) in [5.74, 6) is 1.32. The van der Waals surface area contributed by atoms with Crippen LogP contribution in [0, 0.1) is 0 Å². The number of carbonyl (C=O) groups is 2. The van der Waals surface area contributed by atoms with Crippen molar-refractivity contribution in [2.75, 3.05) is 23.9 Å². The van der Waals surface area contributed by atoms with Crippen LogP contribution in [0.15, 0.2) is 18.2 Å². The maximum Gasteiger partial charge on any atom is 0.262 e. The standard InChI is InChI=1S/C12H13NO3S/c1-17-5-4-10(14)8-2-3-11-9(6-8)13-12(15)7-16-11/h2-3,6H,4-5,7H2,1H3,(H,13,15). The number of thioether (sulfide) groups is 1. The molecule has 0 unspecified atom stereocenters. The summed E-state index contributed by atoms with van der Waals surface area (Å²) in [5, 5.41) is 2.69. The van der Waals surface area contributed by atoms with Crippen molar-refractivity contribution < 1.29 is 14.3 Å². The molecule has 17 heavy (non-hydrogen) atoms. The molecule has 1 heterocycles. The monoisotopic (exact) mass is 251 g/mol. The minimum Gasteiger partial charge on any atom is -0.482 e. The number of hydrogen-bond donors (Lipinski definition) is 1. The Hall–Kier alpha value is -1.49. The molecule has 1 aliphatic heterocycles. The highest BCUT2D eigenvalue weighted by Gasteiger charge is 2.17. The molecule has 4 nitrogen and oxygen atoms in total. The average Bonchev–Trinajstić information content (AvgIpc) is 2.35. The number of carbonyl (C=O) groups excluding carboxylic acids is 2. The van der Waals surface area contributed by atoms with E-state index >= 15 is 0 Å². The van der Waals surface area contributed by atoms with Crippen LogP contribution in [0.2, 0.25) is 0 Å². The van der Waals surface area contributed by atoms with Gasteiger partial charge in [-0.2, -0.15) is 11.8 Å². The molecule has 90 valence electrons. The van der Waals surface area contributed by atoms with Gasteiger partial charge in [0, 0.05) is 17.7 Å². The van der Waals surface area contributed by atoms with Gasteiger partial charge in [0.2, 0.25) is 0 Å². The van der Waals surface area contributed by atoms with Gasteiger partial charge in [-0.3, -0.25) is 9.59 Å². The Morgan fingerprint density at radius 2 is 2.35 bits per heavy atom. The number of ether oxygens (including phenoxy) is 1. The van der Waals surface area contributed by atoms with Crippen molar-refractivity contribution in [1.29, 1.82) is 0 Å². The first-order valence-electron chi connectivity index (χ1n) is 5.29. The lowest BCUT2D eigenvalue weighted by Gasteiger charge is -2.18. The van der Waals surface area contributed by atoms with Crippen LogP contribution >= 0.6 is 11.8 Å². The number of ketones is 1. The van der Waals surface area contributed by atoms with Gasteiger partial charge in [0.15, 0.2) is 12.4 Å². The van der Waals surface area contributed by atoms with Crippen molar-refractivity contribution in [2.45, 2.75) is 6.42 Å². The van der Waals surface area contributed by atoms with Crippen molar-refractivity contribution in [2.24, 2.45) is 0 Å².